The number of benzene rings is 1. The molecule has 3 rings (SSSR count). The molecule has 160 valence electrons. The zero-order valence-corrected chi connectivity index (χ0v) is 17.4. The van der Waals surface area contributed by atoms with Gasteiger partial charge in [0.2, 0.25) is 20.0 Å². The fourth-order valence-corrected chi connectivity index (χ4v) is 4.80. The second-order valence-electron chi connectivity index (χ2n) is 6.16. The Morgan fingerprint density at radius 1 is 1.17 bits per heavy atom. The van der Waals surface area contributed by atoms with Gasteiger partial charge in [-0.25, -0.2) is 26.1 Å². The van der Waals surface area contributed by atoms with Crippen molar-refractivity contribution in [2.75, 3.05) is 24.1 Å². The number of carbonyl (C=O) groups is 1. The number of ether oxygens (including phenoxy) is 1. The van der Waals surface area contributed by atoms with Crippen molar-refractivity contribution in [1.82, 2.24) is 14.3 Å². The molecular formula is C17H19N5O6S2. The molecule has 11 nitrogen and oxygen atoms in total. The molecule has 2 heterocycles. The second-order valence-corrected chi connectivity index (χ2v) is 9.77. The maximum atomic E-state index is 12.4. The quantitative estimate of drug-likeness (QED) is 0.416. The summed E-state index contributed by atoms with van der Waals surface area (Å²) in [7, 11) is -6.58. The standard InChI is InChI=1S/C17H19N5O6S2/c1-28-16-3-2-14(11-15(16)17(18)23)30(26,27)20-7-9-29(24,25)21-12-5-8-22-13(10-12)4-6-19-22/h2-6,8,10-11,20-21H,7,9H2,1H3,(H2,18,23). The third-order valence-corrected chi connectivity index (χ3v) is 6.83. The maximum absolute atomic E-state index is 12.4. The second kappa shape index (κ2) is 8.30. The van der Waals surface area contributed by atoms with Crippen molar-refractivity contribution in [2.24, 2.45) is 5.73 Å². The minimum Gasteiger partial charge on any atom is -0.496 e. The fourth-order valence-electron chi connectivity index (χ4n) is 2.66. The molecule has 13 heteroatoms. The van der Waals surface area contributed by atoms with Gasteiger partial charge in [0.25, 0.3) is 5.91 Å². The van der Waals surface area contributed by atoms with Crippen LogP contribution in [0, 0.1) is 0 Å². The molecule has 0 saturated carbocycles. The van der Waals surface area contributed by atoms with Crippen molar-refractivity contribution in [3.63, 3.8) is 0 Å². The molecule has 0 aliphatic heterocycles. The van der Waals surface area contributed by atoms with Crippen LogP contribution in [0.2, 0.25) is 0 Å². The Labute approximate surface area is 172 Å². The Bertz CT molecular complexity index is 1300. The minimum atomic E-state index is -4.08. The Kier molecular flexibility index (Phi) is 5.96. The number of sulfonamides is 2. The number of amides is 1. The number of anilines is 1. The van der Waals surface area contributed by atoms with E-state index in [1.165, 1.54) is 25.3 Å². The predicted octanol–water partition coefficient (Wildman–Crippen LogP) is 0.162. The molecule has 0 aliphatic carbocycles. The van der Waals surface area contributed by atoms with Crippen molar-refractivity contribution in [2.45, 2.75) is 4.90 Å². The van der Waals surface area contributed by atoms with E-state index in [9.17, 15) is 21.6 Å². The summed E-state index contributed by atoms with van der Waals surface area (Å²) in [6, 6.07) is 8.42. The smallest absolute Gasteiger partial charge is 0.252 e. The molecule has 0 radical (unpaired) electrons. The van der Waals surface area contributed by atoms with Gasteiger partial charge in [-0.3, -0.25) is 9.52 Å². The number of pyridine rings is 1. The highest BCUT2D eigenvalue weighted by Gasteiger charge is 2.20. The summed E-state index contributed by atoms with van der Waals surface area (Å²) in [5.74, 6) is -1.23. The summed E-state index contributed by atoms with van der Waals surface area (Å²) >= 11 is 0. The molecule has 0 bridgehead atoms. The van der Waals surface area contributed by atoms with Crippen molar-refractivity contribution in [1.29, 1.82) is 0 Å². The molecule has 1 aromatic carbocycles. The number of rotatable bonds is 9. The number of nitrogens with zero attached hydrogens (tertiary/aromatic N) is 2. The van der Waals surface area contributed by atoms with Gasteiger partial charge < -0.3 is 10.5 Å². The van der Waals surface area contributed by atoms with E-state index in [4.69, 9.17) is 10.5 Å². The van der Waals surface area contributed by atoms with Gasteiger partial charge in [-0.05, 0) is 36.4 Å². The maximum Gasteiger partial charge on any atom is 0.252 e. The number of aromatic nitrogens is 2. The van der Waals surface area contributed by atoms with Crippen LogP contribution in [0.25, 0.3) is 5.52 Å². The summed E-state index contributed by atoms with van der Waals surface area (Å²) in [5, 5.41) is 4.02. The van der Waals surface area contributed by atoms with Crippen LogP contribution in [-0.4, -0.2) is 51.8 Å². The average molecular weight is 454 g/mol. The van der Waals surface area contributed by atoms with Gasteiger partial charge in [0.1, 0.15) is 5.75 Å². The van der Waals surface area contributed by atoms with Crippen LogP contribution in [0.5, 0.6) is 5.75 Å². The molecule has 0 aliphatic rings. The highest BCUT2D eigenvalue weighted by atomic mass is 32.2. The lowest BCUT2D eigenvalue weighted by Crippen LogP contribution is -2.31. The van der Waals surface area contributed by atoms with Crippen LogP contribution in [0.4, 0.5) is 5.69 Å². The van der Waals surface area contributed by atoms with E-state index in [2.05, 4.69) is 14.5 Å². The summed E-state index contributed by atoms with van der Waals surface area (Å²) in [6.45, 7) is -0.384. The first kappa shape index (κ1) is 21.5. The first-order valence-electron chi connectivity index (χ1n) is 8.53. The van der Waals surface area contributed by atoms with Gasteiger partial charge in [0.15, 0.2) is 0 Å². The van der Waals surface area contributed by atoms with E-state index in [0.717, 1.165) is 6.07 Å². The number of methoxy groups -OCH3 is 1. The number of primary amides is 1. The summed E-state index contributed by atoms with van der Waals surface area (Å²) in [6.07, 6.45) is 3.17. The van der Waals surface area contributed by atoms with Crippen molar-refractivity contribution < 1.29 is 26.4 Å². The van der Waals surface area contributed by atoms with Crippen LogP contribution in [0.1, 0.15) is 10.4 Å². The first-order chi connectivity index (χ1) is 14.1. The molecule has 30 heavy (non-hydrogen) atoms. The van der Waals surface area contributed by atoms with Gasteiger partial charge >= 0.3 is 0 Å². The summed E-state index contributed by atoms with van der Waals surface area (Å²) < 4.78 is 60.5. The van der Waals surface area contributed by atoms with Crippen molar-refractivity contribution in [3.05, 3.63) is 54.4 Å². The van der Waals surface area contributed by atoms with E-state index >= 15 is 0 Å². The highest BCUT2D eigenvalue weighted by molar-refractivity contribution is 7.92. The molecular weight excluding hydrogens is 434 g/mol. The lowest BCUT2D eigenvalue weighted by molar-refractivity contribution is 0.0997. The molecule has 0 spiro atoms. The van der Waals surface area contributed by atoms with Gasteiger partial charge in [-0.1, -0.05) is 0 Å². The first-order valence-corrected chi connectivity index (χ1v) is 11.7. The SMILES string of the molecule is COc1ccc(S(=O)(=O)NCCS(=O)(=O)Nc2ccn3nccc3c2)cc1C(N)=O. The summed E-state index contributed by atoms with van der Waals surface area (Å²) in [5.41, 5.74) is 6.15. The van der Waals surface area contributed by atoms with Crippen molar-refractivity contribution in [3.8, 4) is 5.75 Å². The van der Waals surface area contributed by atoms with E-state index < -0.39 is 31.7 Å². The Morgan fingerprint density at radius 3 is 2.63 bits per heavy atom. The summed E-state index contributed by atoms with van der Waals surface area (Å²) in [4.78, 5) is 11.2. The molecule has 0 unspecified atom stereocenters. The molecule has 4 N–H and O–H groups in total. The predicted molar refractivity (Wildman–Crippen MR) is 109 cm³/mol. The van der Waals surface area contributed by atoms with Crippen LogP contribution in [0.15, 0.2) is 53.7 Å². The monoisotopic (exact) mass is 453 g/mol. The van der Waals surface area contributed by atoms with Crippen LogP contribution in [0.3, 0.4) is 0 Å². The zero-order chi connectivity index (χ0) is 21.9. The van der Waals surface area contributed by atoms with Crippen molar-refractivity contribution >= 4 is 37.2 Å². The van der Waals surface area contributed by atoms with E-state index in [0.29, 0.717) is 11.2 Å². The number of nitrogens with two attached hydrogens (primary N) is 1. The highest BCUT2D eigenvalue weighted by Crippen LogP contribution is 2.22. The molecule has 2 aromatic heterocycles. The molecule has 0 saturated heterocycles. The fraction of sp³-hybridized carbons (Fsp3) is 0.176. The lowest BCUT2D eigenvalue weighted by Gasteiger charge is -2.11. The molecule has 1 amide bonds. The number of hydrogen-bond donors (Lipinski definition) is 3. The van der Waals surface area contributed by atoms with Crippen LogP contribution < -0.4 is 19.9 Å². The van der Waals surface area contributed by atoms with Gasteiger partial charge in [0, 0.05) is 18.9 Å². The normalized spacial score (nSPS) is 12.0. The Morgan fingerprint density at radius 2 is 1.93 bits per heavy atom. The zero-order valence-electron chi connectivity index (χ0n) is 15.8. The number of fused-ring (bicyclic) bond motifs is 1. The van der Waals surface area contributed by atoms with Gasteiger partial charge in [-0.2, -0.15) is 5.10 Å². The molecule has 0 atom stereocenters. The van der Waals surface area contributed by atoms with Gasteiger partial charge in [-0.15, -0.1) is 0 Å². The minimum absolute atomic E-state index is 0.107. The van der Waals surface area contributed by atoms with E-state index in [-0.39, 0.29) is 22.8 Å². The number of carbonyl (C=O) groups excluding carboxylic acids is 1. The third-order valence-electron chi connectivity index (χ3n) is 4.08. The van der Waals surface area contributed by atoms with Crippen LogP contribution in [-0.2, 0) is 20.0 Å². The average Bonchev–Trinajstić information content (AvgIpc) is 3.14. The largest absolute Gasteiger partial charge is 0.496 e. The van der Waals surface area contributed by atoms with E-state index in [1.54, 1.807) is 29.0 Å². The molecule has 3 aromatic rings. The Balaban J connectivity index is 1.66. The number of hydrogen-bond acceptors (Lipinski definition) is 7. The Hall–Kier alpha value is -3.16. The number of nitrogens with one attached hydrogen (secondary N) is 2. The topological polar surface area (TPSA) is 162 Å². The lowest BCUT2D eigenvalue weighted by atomic mass is 10.2. The van der Waals surface area contributed by atoms with Gasteiger partial charge in [0.05, 0.1) is 34.5 Å². The third kappa shape index (κ3) is 4.87. The van der Waals surface area contributed by atoms with Crippen LogP contribution >= 0.6 is 0 Å². The molecule has 0 fully saturated rings. The van der Waals surface area contributed by atoms with E-state index in [1.807, 2.05) is 0 Å².